The lowest BCUT2D eigenvalue weighted by Gasteiger charge is -2.06. The van der Waals surface area contributed by atoms with Gasteiger partial charge in [0.15, 0.2) is 5.43 Å². The molecule has 0 bridgehead atoms. The number of nitrogens with one attached hydrogen (secondary N) is 1. The van der Waals surface area contributed by atoms with E-state index in [-0.39, 0.29) is 17.8 Å². The number of fused-ring (bicyclic) bond motifs is 1. The molecule has 2 heterocycles. The van der Waals surface area contributed by atoms with Crippen molar-refractivity contribution in [2.75, 3.05) is 5.32 Å². The fourth-order valence-corrected chi connectivity index (χ4v) is 3.89. The van der Waals surface area contributed by atoms with Crippen molar-refractivity contribution in [3.05, 3.63) is 112 Å². The molecule has 0 atom stereocenters. The minimum atomic E-state index is -0.113. The number of rotatable bonds is 7. The van der Waals surface area contributed by atoms with Crippen molar-refractivity contribution in [2.45, 2.75) is 19.4 Å². The van der Waals surface area contributed by atoms with Crippen LogP contribution < -0.4 is 10.7 Å². The van der Waals surface area contributed by atoms with E-state index in [1.807, 2.05) is 42.5 Å². The fourth-order valence-electron chi connectivity index (χ4n) is 3.76. The zero-order valence-electron chi connectivity index (χ0n) is 18.6. The number of halogens is 1. The molecule has 0 fully saturated rings. The SMILES string of the molecule is O=C(CCc1cn(Cc2ccc3oc(-c4ccccc4)cc(=O)c3c2)nn1)Nc1ccc(Cl)cc1. The van der Waals surface area contributed by atoms with Gasteiger partial charge >= 0.3 is 0 Å². The highest BCUT2D eigenvalue weighted by atomic mass is 35.5. The van der Waals surface area contributed by atoms with Crippen LogP contribution in [0.4, 0.5) is 5.69 Å². The molecule has 1 N–H and O–H groups in total. The standard InChI is InChI=1S/C27H21ClN4O3/c28-20-7-9-21(10-8-20)29-27(34)13-11-22-17-32(31-30-22)16-18-6-12-25-23(14-18)24(33)15-26(35-25)19-4-2-1-3-5-19/h1-10,12,14-15,17H,11,13,16H2,(H,29,34). The van der Waals surface area contributed by atoms with Crippen molar-refractivity contribution in [3.8, 4) is 11.3 Å². The molecular weight excluding hydrogens is 464 g/mol. The summed E-state index contributed by atoms with van der Waals surface area (Å²) < 4.78 is 7.65. The van der Waals surface area contributed by atoms with Crippen molar-refractivity contribution in [1.82, 2.24) is 15.0 Å². The number of amides is 1. The zero-order chi connectivity index (χ0) is 24.2. The molecular formula is C27H21ClN4O3. The Morgan fingerprint density at radius 2 is 1.80 bits per heavy atom. The molecule has 0 aliphatic rings. The van der Waals surface area contributed by atoms with Gasteiger partial charge in [-0.1, -0.05) is 53.2 Å². The minimum Gasteiger partial charge on any atom is -0.456 e. The van der Waals surface area contributed by atoms with E-state index in [0.29, 0.717) is 46.1 Å². The maximum atomic E-state index is 12.7. The number of anilines is 1. The molecule has 174 valence electrons. The summed E-state index contributed by atoms with van der Waals surface area (Å²) in [4.78, 5) is 24.9. The van der Waals surface area contributed by atoms with Gasteiger partial charge in [0.05, 0.1) is 17.6 Å². The highest BCUT2D eigenvalue weighted by molar-refractivity contribution is 6.30. The normalized spacial score (nSPS) is 11.0. The Morgan fingerprint density at radius 1 is 1.00 bits per heavy atom. The van der Waals surface area contributed by atoms with Crippen LogP contribution in [-0.2, 0) is 17.8 Å². The number of nitrogens with zero attached hydrogens (tertiary/aromatic N) is 3. The Hall–Kier alpha value is -4.23. The Balaban J connectivity index is 1.24. The van der Waals surface area contributed by atoms with Gasteiger partial charge in [0.1, 0.15) is 11.3 Å². The second kappa shape index (κ2) is 9.95. The molecule has 35 heavy (non-hydrogen) atoms. The molecule has 0 saturated heterocycles. The first-order chi connectivity index (χ1) is 17.0. The van der Waals surface area contributed by atoms with Gasteiger partial charge in [0.25, 0.3) is 0 Å². The summed E-state index contributed by atoms with van der Waals surface area (Å²) >= 11 is 5.87. The van der Waals surface area contributed by atoms with E-state index in [1.54, 1.807) is 41.2 Å². The largest absolute Gasteiger partial charge is 0.456 e. The van der Waals surface area contributed by atoms with Crippen LogP contribution >= 0.6 is 11.6 Å². The van der Waals surface area contributed by atoms with Gasteiger partial charge in [-0.05, 0) is 42.0 Å². The van der Waals surface area contributed by atoms with Crippen LogP contribution in [0.2, 0.25) is 5.02 Å². The van der Waals surface area contributed by atoms with Crippen molar-refractivity contribution < 1.29 is 9.21 Å². The fraction of sp³-hybridized carbons (Fsp3) is 0.111. The third kappa shape index (κ3) is 5.47. The van der Waals surface area contributed by atoms with E-state index >= 15 is 0 Å². The smallest absolute Gasteiger partial charge is 0.224 e. The maximum absolute atomic E-state index is 12.7. The Kier molecular flexibility index (Phi) is 6.41. The maximum Gasteiger partial charge on any atom is 0.224 e. The Bertz CT molecular complexity index is 1540. The summed E-state index contributed by atoms with van der Waals surface area (Å²) in [7, 11) is 0. The summed E-state index contributed by atoms with van der Waals surface area (Å²) in [6.45, 7) is 0.444. The Morgan fingerprint density at radius 3 is 2.60 bits per heavy atom. The van der Waals surface area contributed by atoms with Gasteiger partial charge in [-0.25, -0.2) is 4.68 Å². The molecule has 1 amide bonds. The van der Waals surface area contributed by atoms with Crippen LogP contribution in [-0.4, -0.2) is 20.9 Å². The highest BCUT2D eigenvalue weighted by Gasteiger charge is 2.10. The molecule has 0 spiro atoms. The molecule has 5 rings (SSSR count). The van der Waals surface area contributed by atoms with Crippen molar-refractivity contribution in [1.29, 1.82) is 0 Å². The van der Waals surface area contributed by atoms with Gasteiger partial charge in [-0.3, -0.25) is 9.59 Å². The van der Waals surface area contributed by atoms with Gasteiger partial charge < -0.3 is 9.73 Å². The molecule has 0 radical (unpaired) electrons. The number of hydrogen-bond donors (Lipinski definition) is 1. The molecule has 0 aliphatic heterocycles. The first kappa shape index (κ1) is 22.6. The van der Waals surface area contributed by atoms with Crippen molar-refractivity contribution >= 4 is 34.2 Å². The summed E-state index contributed by atoms with van der Waals surface area (Å²) in [5.74, 6) is 0.426. The lowest BCUT2D eigenvalue weighted by molar-refractivity contribution is -0.116. The number of hydrogen-bond acceptors (Lipinski definition) is 5. The van der Waals surface area contributed by atoms with E-state index < -0.39 is 0 Å². The van der Waals surface area contributed by atoms with Crippen LogP contribution in [0.25, 0.3) is 22.3 Å². The third-order valence-electron chi connectivity index (χ3n) is 5.52. The number of aromatic nitrogens is 3. The molecule has 5 aromatic rings. The van der Waals surface area contributed by atoms with Gasteiger partial charge in [0, 0.05) is 41.4 Å². The van der Waals surface area contributed by atoms with Crippen LogP contribution in [0, 0.1) is 0 Å². The van der Waals surface area contributed by atoms with E-state index in [9.17, 15) is 9.59 Å². The first-order valence-corrected chi connectivity index (χ1v) is 11.5. The number of carbonyl (C=O) groups is 1. The lowest BCUT2D eigenvalue weighted by atomic mass is 10.1. The molecule has 2 aromatic heterocycles. The average Bonchev–Trinajstić information content (AvgIpc) is 3.32. The Labute approximate surface area is 206 Å². The molecule has 0 aliphatic carbocycles. The van der Waals surface area contributed by atoms with E-state index in [0.717, 1.165) is 11.1 Å². The third-order valence-corrected chi connectivity index (χ3v) is 5.77. The number of benzene rings is 3. The molecule has 8 heteroatoms. The average molecular weight is 485 g/mol. The summed E-state index contributed by atoms with van der Waals surface area (Å²) in [5.41, 5.74) is 3.59. The monoisotopic (exact) mass is 484 g/mol. The van der Waals surface area contributed by atoms with Gasteiger partial charge in [0.2, 0.25) is 5.91 Å². The van der Waals surface area contributed by atoms with Crippen LogP contribution in [0.5, 0.6) is 0 Å². The predicted molar refractivity (Wildman–Crippen MR) is 135 cm³/mol. The van der Waals surface area contributed by atoms with Crippen molar-refractivity contribution in [2.24, 2.45) is 0 Å². The summed E-state index contributed by atoms with van der Waals surface area (Å²) in [6, 6.07) is 23.5. The molecule has 7 nitrogen and oxygen atoms in total. The van der Waals surface area contributed by atoms with Crippen LogP contribution in [0.15, 0.2) is 94.3 Å². The van der Waals surface area contributed by atoms with E-state index in [2.05, 4.69) is 15.6 Å². The quantitative estimate of drug-likeness (QED) is 0.337. The highest BCUT2D eigenvalue weighted by Crippen LogP contribution is 2.23. The van der Waals surface area contributed by atoms with Crippen molar-refractivity contribution in [3.63, 3.8) is 0 Å². The topological polar surface area (TPSA) is 90.0 Å². The summed E-state index contributed by atoms with van der Waals surface area (Å²) in [5, 5.41) is 12.3. The number of aryl methyl sites for hydroxylation is 1. The lowest BCUT2D eigenvalue weighted by Crippen LogP contribution is -2.12. The second-order valence-electron chi connectivity index (χ2n) is 8.13. The molecule has 3 aromatic carbocycles. The molecule has 0 saturated carbocycles. The first-order valence-electron chi connectivity index (χ1n) is 11.1. The van der Waals surface area contributed by atoms with E-state index in [1.165, 1.54) is 6.07 Å². The second-order valence-corrected chi connectivity index (χ2v) is 8.57. The van der Waals surface area contributed by atoms with E-state index in [4.69, 9.17) is 16.0 Å². The van der Waals surface area contributed by atoms with Gasteiger partial charge in [-0.2, -0.15) is 0 Å². The zero-order valence-corrected chi connectivity index (χ0v) is 19.4. The number of carbonyl (C=O) groups excluding carboxylic acids is 1. The summed E-state index contributed by atoms with van der Waals surface area (Å²) in [6.07, 6.45) is 2.55. The van der Waals surface area contributed by atoms with Crippen LogP contribution in [0.1, 0.15) is 17.7 Å². The minimum absolute atomic E-state index is 0.0991. The predicted octanol–water partition coefficient (Wildman–Crippen LogP) is 5.32. The van der Waals surface area contributed by atoms with Crippen LogP contribution in [0.3, 0.4) is 0 Å². The van der Waals surface area contributed by atoms with Gasteiger partial charge in [-0.15, -0.1) is 5.10 Å². The molecule has 0 unspecified atom stereocenters.